The zero-order valence-electron chi connectivity index (χ0n) is 6.88. The number of hydrogen-bond donors (Lipinski definition) is 0. The first-order valence-corrected chi connectivity index (χ1v) is 3.31. The molecule has 1 heterocycles. The monoisotopic (exact) mass is 193 g/mol. The molecule has 0 radical (unpaired) electrons. The number of rotatable bonds is 1. The van der Waals surface area contributed by atoms with E-state index in [2.05, 4.69) is 10.1 Å². The first-order valence-electron chi connectivity index (χ1n) is 3.31. The summed E-state index contributed by atoms with van der Waals surface area (Å²) in [4.78, 5) is 13.8. The van der Waals surface area contributed by atoms with Crippen molar-refractivity contribution in [3.8, 4) is 0 Å². The van der Waals surface area contributed by atoms with E-state index in [9.17, 15) is 18.0 Å². The van der Waals surface area contributed by atoms with E-state index in [1.807, 2.05) is 0 Å². The predicted molar refractivity (Wildman–Crippen MR) is 36.0 cm³/mol. The number of aryl methyl sites for hydroxylation is 1. The Labute approximate surface area is 71.4 Å². The first-order chi connectivity index (χ1) is 5.82. The number of carbonyl (C=O) groups is 1. The number of ketones is 1. The average Bonchev–Trinajstić information content (AvgIpc) is 2.29. The number of Topliss-reactive ketones (excluding diaryl/α,β-unsaturated/α-hetero) is 1. The fourth-order valence-electron chi connectivity index (χ4n) is 0.811. The summed E-state index contributed by atoms with van der Waals surface area (Å²) in [6, 6.07) is 0. The summed E-state index contributed by atoms with van der Waals surface area (Å²) in [7, 11) is 1.24. The Kier molecular flexibility index (Phi) is 2.10. The van der Waals surface area contributed by atoms with E-state index >= 15 is 0 Å². The molecule has 4 nitrogen and oxygen atoms in total. The van der Waals surface area contributed by atoms with Gasteiger partial charge in [-0.25, -0.2) is 4.68 Å². The highest BCUT2D eigenvalue weighted by Crippen LogP contribution is 2.25. The number of aromatic nitrogens is 3. The van der Waals surface area contributed by atoms with Gasteiger partial charge in [0.2, 0.25) is 0 Å². The number of nitrogens with zero attached hydrogens (tertiary/aromatic N) is 3. The minimum Gasteiger partial charge on any atom is -0.291 e. The Bertz CT molecular complexity index is 341. The SMILES string of the molecule is CC(=O)c1nc(C(F)(F)F)nn1C. The molecular formula is C6H6F3N3O. The third-order valence-electron chi connectivity index (χ3n) is 1.33. The highest BCUT2D eigenvalue weighted by molar-refractivity contribution is 5.90. The van der Waals surface area contributed by atoms with Gasteiger partial charge in [-0.1, -0.05) is 0 Å². The maximum Gasteiger partial charge on any atom is 0.453 e. The van der Waals surface area contributed by atoms with Gasteiger partial charge >= 0.3 is 6.18 Å². The molecule has 13 heavy (non-hydrogen) atoms. The van der Waals surface area contributed by atoms with Crippen LogP contribution in [0.3, 0.4) is 0 Å². The Morgan fingerprint density at radius 1 is 1.46 bits per heavy atom. The quantitative estimate of drug-likeness (QED) is 0.626. The van der Waals surface area contributed by atoms with Crippen molar-refractivity contribution in [1.82, 2.24) is 14.8 Å². The summed E-state index contributed by atoms with van der Waals surface area (Å²) >= 11 is 0. The second-order valence-electron chi connectivity index (χ2n) is 2.44. The molecule has 0 atom stereocenters. The molecule has 0 aliphatic heterocycles. The summed E-state index contributed by atoms with van der Waals surface area (Å²) in [5, 5.41) is 3.06. The van der Waals surface area contributed by atoms with E-state index in [-0.39, 0.29) is 5.82 Å². The van der Waals surface area contributed by atoms with Crippen LogP contribution in [0, 0.1) is 0 Å². The van der Waals surface area contributed by atoms with E-state index < -0.39 is 17.8 Å². The molecule has 0 N–H and O–H groups in total. The number of halogens is 3. The lowest BCUT2D eigenvalue weighted by Crippen LogP contribution is -2.08. The Balaban J connectivity index is 3.17. The largest absolute Gasteiger partial charge is 0.453 e. The highest BCUT2D eigenvalue weighted by Gasteiger charge is 2.37. The maximum absolute atomic E-state index is 12.0. The van der Waals surface area contributed by atoms with Gasteiger partial charge in [0.25, 0.3) is 5.82 Å². The second-order valence-corrected chi connectivity index (χ2v) is 2.44. The van der Waals surface area contributed by atoms with Crippen LogP contribution < -0.4 is 0 Å². The normalized spacial score (nSPS) is 11.8. The molecular weight excluding hydrogens is 187 g/mol. The molecule has 0 saturated carbocycles. The van der Waals surface area contributed by atoms with Gasteiger partial charge in [0, 0.05) is 14.0 Å². The van der Waals surface area contributed by atoms with Crippen molar-refractivity contribution in [2.24, 2.45) is 7.05 Å². The zero-order valence-corrected chi connectivity index (χ0v) is 6.88. The fraction of sp³-hybridized carbons (Fsp3) is 0.500. The lowest BCUT2D eigenvalue weighted by atomic mass is 10.4. The minimum atomic E-state index is -4.61. The lowest BCUT2D eigenvalue weighted by Gasteiger charge is -1.97. The van der Waals surface area contributed by atoms with Gasteiger partial charge in [-0.15, -0.1) is 5.10 Å². The van der Waals surface area contributed by atoms with Gasteiger partial charge in [0.1, 0.15) is 0 Å². The van der Waals surface area contributed by atoms with E-state index in [0.29, 0.717) is 0 Å². The van der Waals surface area contributed by atoms with Crippen LogP contribution in [0.2, 0.25) is 0 Å². The molecule has 0 aliphatic rings. The molecule has 0 bridgehead atoms. The van der Waals surface area contributed by atoms with Crippen molar-refractivity contribution >= 4 is 5.78 Å². The summed E-state index contributed by atoms with van der Waals surface area (Å²) in [6.07, 6.45) is -4.61. The Morgan fingerprint density at radius 3 is 2.23 bits per heavy atom. The van der Waals surface area contributed by atoms with Crippen molar-refractivity contribution in [1.29, 1.82) is 0 Å². The van der Waals surface area contributed by atoms with Gasteiger partial charge in [0.15, 0.2) is 11.6 Å². The average molecular weight is 193 g/mol. The third-order valence-corrected chi connectivity index (χ3v) is 1.33. The second kappa shape index (κ2) is 2.82. The van der Waals surface area contributed by atoms with Crippen LogP contribution in [0.25, 0.3) is 0 Å². The lowest BCUT2D eigenvalue weighted by molar-refractivity contribution is -0.144. The van der Waals surface area contributed by atoms with Gasteiger partial charge in [0.05, 0.1) is 0 Å². The minimum absolute atomic E-state index is 0.299. The predicted octanol–water partition coefficient (Wildman–Crippen LogP) is 1.04. The van der Waals surface area contributed by atoms with E-state index in [1.165, 1.54) is 7.05 Å². The van der Waals surface area contributed by atoms with Crippen molar-refractivity contribution < 1.29 is 18.0 Å². The zero-order chi connectivity index (χ0) is 10.2. The number of alkyl halides is 3. The van der Waals surface area contributed by atoms with E-state index in [0.717, 1.165) is 11.6 Å². The molecule has 0 fully saturated rings. The molecule has 0 unspecified atom stereocenters. The number of carbonyl (C=O) groups excluding carboxylic acids is 1. The van der Waals surface area contributed by atoms with Crippen molar-refractivity contribution in [3.63, 3.8) is 0 Å². The van der Waals surface area contributed by atoms with Gasteiger partial charge in [-0.3, -0.25) is 4.79 Å². The van der Waals surface area contributed by atoms with Gasteiger partial charge in [-0.2, -0.15) is 18.2 Å². The van der Waals surface area contributed by atoms with Gasteiger partial charge < -0.3 is 0 Å². The standard InChI is InChI=1S/C6H6F3N3O/c1-3(13)4-10-5(6(7,8)9)11-12(4)2/h1-2H3. The van der Waals surface area contributed by atoms with Crippen LogP contribution in [-0.4, -0.2) is 20.5 Å². The summed E-state index contributed by atoms with van der Waals surface area (Å²) in [5.74, 6) is -2.14. The molecule has 0 aliphatic carbocycles. The van der Waals surface area contributed by atoms with Crippen LogP contribution in [-0.2, 0) is 13.2 Å². The van der Waals surface area contributed by atoms with E-state index in [4.69, 9.17) is 0 Å². The van der Waals surface area contributed by atoms with Crippen molar-refractivity contribution in [2.75, 3.05) is 0 Å². The van der Waals surface area contributed by atoms with Crippen molar-refractivity contribution in [3.05, 3.63) is 11.6 Å². The third kappa shape index (κ3) is 1.85. The fourth-order valence-corrected chi connectivity index (χ4v) is 0.811. The molecule has 1 rings (SSSR count). The van der Waals surface area contributed by atoms with Crippen LogP contribution in [0.4, 0.5) is 13.2 Å². The molecule has 72 valence electrons. The summed E-state index contributed by atoms with van der Waals surface area (Å²) in [6.45, 7) is 1.13. The number of hydrogen-bond acceptors (Lipinski definition) is 3. The first kappa shape index (κ1) is 9.69. The van der Waals surface area contributed by atoms with Crippen LogP contribution in [0.15, 0.2) is 0 Å². The van der Waals surface area contributed by atoms with Crippen molar-refractivity contribution in [2.45, 2.75) is 13.1 Å². The Hall–Kier alpha value is -1.40. The summed E-state index contributed by atoms with van der Waals surface area (Å²) < 4.78 is 36.8. The van der Waals surface area contributed by atoms with Gasteiger partial charge in [-0.05, 0) is 0 Å². The summed E-state index contributed by atoms with van der Waals surface area (Å²) in [5.41, 5.74) is 0. The maximum atomic E-state index is 12.0. The molecule has 0 spiro atoms. The molecule has 0 amide bonds. The molecule has 0 aromatic carbocycles. The molecule has 1 aromatic heterocycles. The molecule has 1 aromatic rings. The van der Waals surface area contributed by atoms with E-state index in [1.54, 1.807) is 0 Å². The topological polar surface area (TPSA) is 47.8 Å². The van der Waals surface area contributed by atoms with Crippen LogP contribution in [0.1, 0.15) is 23.4 Å². The smallest absolute Gasteiger partial charge is 0.291 e. The highest BCUT2D eigenvalue weighted by atomic mass is 19.4. The molecule has 7 heteroatoms. The molecule has 0 saturated heterocycles. The Morgan fingerprint density at radius 2 is 2.00 bits per heavy atom. The van der Waals surface area contributed by atoms with Crippen LogP contribution in [0.5, 0.6) is 0 Å². The van der Waals surface area contributed by atoms with Crippen LogP contribution >= 0.6 is 0 Å².